The second-order valence-electron chi connectivity index (χ2n) is 3.55. The van der Waals surface area contributed by atoms with Gasteiger partial charge in [0, 0.05) is 6.04 Å². The Kier molecular flexibility index (Phi) is 4.79. The molecule has 0 heterocycles. The summed E-state index contributed by atoms with van der Waals surface area (Å²) in [5.41, 5.74) is 5.05. The van der Waals surface area contributed by atoms with E-state index in [4.69, 9.17) is 5.73 Å². The summed E-state index contributed by atoms with van der Waals surface area (Å²) in [6, 6.07) is 3.04. The summed E-state index contributed by atoms with van der Waals surface area (Å²) in [7, 11) is 1.61. The molecule has 3 nitrogen and oxygen atoms in total. The fourth-order valence-corrected chi connectivity index (χ4v) is 1.63. The molecule has 0 aliphatic heterocycles. The van der Waals surface area contributed by atoms with Crippen molar-refractivity contribution in [3.63, 3.8) is 0 Å². The van der Waals surface area contributed by atoms with Gasteiger partial charge in [-0.05, 0) is 32.1 Å². The van der Waals surface area contributed by atoms with Gasteiger partial charge in [-0.3, -0.25) is 0 Å². The fourth-order valence-electron chi connectivity index (χ4n) is 1.63. The highest BCUT2D eigenvalue weighted by Gasteiger charge is 2.24. The van der Waals surface area contributed by atoms with E-state index in [1.807, 2.05) is 0 Å². The third-order valence-electron chi connectivity index (χ3n) is 2.53. The second kappa shape index (κ2) is 5.89. The van der Waals surface area contributed by atoms with Crippen LogP contribution in [0.2, 0.25) is 0 Å². The van der Waals surface area contributed by atoms with Crippen molar-refractivity contribution in [1.82, 2.24) is 5.32 Å². The number of hydrogen-bond acceptors (Lipinski definition) is 3. The number of aliphatic hydroxyl groups is 1. The Morgan fingerprint density at radius 1 is 1.38 bits per heavy atom. The quantitative estimate of drug-likeness (QED) is 0.705. The molecule has 0 saturated heterocycles. The Morgan fingerprint density at radius 3 is 2.38 bits per heavy atom. The van der Waals surface area contributed by atoms with Gasteiger partial charge in [-0.1, -0.05) is 6.07 Å². The summed E-state index contributed by atoms with van der Waals surface area (Å²) < 4.78 is 26.8. The number of rotatable bonds is 5. The molecular formula is C11H16F2N2O. The van der Waals surface area contributed by atoms with Crippen molar-refractivity contribution in [1.29, 1.82) is 0 Å². The summed E-state index contributed by atoms with van der Waals surface area (Å²) in [5, 5.41) is 12.7. The predicted octanol–water partition coefficient (Wildman–Crippen LogP) is 0.935. The van der Waals surface area contributed by atoms with Gasteiger partial charge < -0.3 is 16.2 Å². The number of halogens is 2. The van der Waals surface area contributed by atoms with E-state index in [-0.39, 0.29) is 5.56 Å². The molecule has 0 bridgehead atoms. The van der Waals surface area contributed by atoms with Crippen LogP contribution in [-0.4, -0.2) is 24.7 Å². The first-order valence-electron chi connectivity index (χ1n) is 5.11. The van der Waals surface area contributed by atoms with Gasteiger partial charge in [-0.15, -0.1) is 0 Å². The second-order valence-corrected chi connectivity index (χ2v) is 3.55. The molecule has 1 aromatic rings. The minimum absolute atomic E-state index is 0.310. The van der Waals surface area contributed by atoms with Gasteiger partial charge in [0.1, 0.15) is 11.6 Å². The van der Waals surface area contributed by atoms with Crippen LogP contribution in [0.25, 0.3) is 0 Å². The number of likely N-dealkylation sites (N-methyl/N-ethyl adjacent to an activating group) is 1. The van der Waals surface area contributed by atoms with Crippen LogP contribution in [0.5, 0.6) is 0 Å². The molecule has 0 aliphatic carbocycles. The van der Waals surface area contributed by atoms with Gasteiger partial charge >= 0.3 is 0 Å². The molecule has 0 aromatic heterocycles. The van der Waals surface area contributed by atoms with Crippen LogP contribution in [0.3, 0.4) is 0 Å². The summed E-state index contributed by atoms with van der Waals surface area (Å²) in [5.74, 6) is -1.49. The Bertz CT molecular complexity index is 327. The number of nitrogens with two attached hydrogens (primary N) is 1. The Hall–Kier alpha value is -1.04. The van der Waals surface area contributed by atoms with Gasteiger partial charge in [0.05, 0.1) is 11.7 Å². The molecule has 90 valence electrons. The smallest absolute Gasteiger partial charge is 0.132 e. The van der Waals surface area contributed by atoms with Crippen molar-refractivity contribution in [2.45, 2.75) is 18.6 Å². The lowest BCUT2D eigenvalue weighted by atomic mass is 9.99. The summed E-state index contributed by atoms with van der Waals surface area (Å²) in [6.45, 7) is 0.332. The lowest BCUT2D eigenvalue weighted by Gasteiger charge is -2.22. The highest BCUT2D eigenvalue weighted by atomic mass is 19.1. The first kappa shape index (κ1) is 13.0. The summed E-state index contributed by atoms with van der Waals surface area (Å²) in [6.07, 6.45) is -0.805. The molecule has 2 atom stereocenters. The molecule has 0 spiro atoms. The third kappa shape index (κ3) is 2.75. The average molecular weight is 230 g/mol. The van der Waals surface area contributed by atoms with Gasteiger partial charge in [-0.2, -0.15) is 0 Å². The van der Waals surface area contributed by atoms with Crippen molar-refractivity contribution in [2.24, 2.45) is 5.73 Å². The molecule has 1 aromatic carbocycles. The maximum absolute atomic E-state index is 13.4. The maximum atomic E-state index is 13.4. The SMILES string of the molecule is CNC(CCN)C(O)c1c(F)cccc1F. The highest BCUT2D eigenvalue weighted by molar-refractivity contribution is 5.23. The van der Waals surface area contributed by atoms with Crippen LogP contribution in [0.1, 0.15) is 18.1 Å². The van der Waals surface area contributed by atoms with Crippen LogP contribution in [0.15, 0.2) is 18.2 Å². The first-order valence-corrected chi connectivity index (χ1v) is 5.11. The lowest BCUT2D eigenvalue weighted by Crippen LogP contribution is -2.35. The standard InChI is InChI=1S/C11H16F2N2O/c1-15-9(5-6-14)11(16)10-7(12)3-2-4-8(10)13/h2-4,9,11,15-16H,5-6,14H2,1H3. The van der Waals surface area contributed by atoms with Gasteiger partial charge in [0.2, 0.25) is 0 Å². The molecule has 0 saturated carbocycles. The molecule has 0 fully saturated rings. The molecule has 16 heavy (non-hydrogen) atoms. The van der Waals surface area contributed by atoms with E-state index >= 15 is 0 Å². The topological polar surface area (TPSA) is 58.3 Å². The van der Waals surface area contributed by atoms with Gasteiger partial charge in [0.25, 0.3) is 0 Å². The summed E-state index contributed by atoms with van der Waals surface area (Å²) in [4.78, 5) is 0. The third-order valence-corrected chi connectivity index (χ3v) is 2.53. The van der Waals surface area contributed by atoms with E-state index in [9.17, 15) is 13.9 Å². The molecule has 0 aliphatic rings. The molecule has 1 rings (SSSR count). The minimum Gasteiger partial charge on any atom is -0.387 e. The first-order chi connectivity index (χ1) is 7.61. The molecular weight excluding hydrogens is 214 g/mol. The molecule has 0 radical (unpaired) electrons. The van der Waals surface area contributed by atoms with Gasteiger partial charge in [-0.25, -0.2) is 8.78 Å². The highest BCUT2D eigenvalue weighted by Crippen LogP contribution is 2.24. The summed E-state index contributed by atoms with van der Waals surface area (Å²) >= 11 is 0. The minimum atomic E-state index is -1.24. The van der Waals surface area contributed by atoms with E-state index in [2.05, 4.69) is 5.32 Å². The van der Waals surface area contributed by atoms with Gasteiger partial charge in [0.15, 0.2) is 0 Å². The lowest BCUT2D eigenvalue weighted by molar-refractivity contribution is 0.121. The fraction of sp³-hybridized carbons (Fsp3) is 0.455. The maximum Gasteiger partial charge on any atom is 0.132 e. The van der Waals surface area contributed by atoms with Crippen molar-refractivity contribution in [3.05, 3.63) is 35.4 Å². The Morgan fingerprint density at radius 2 is 1.94 bits per heavy atom. The zero-order valence-electron chi connectivity index (χ0n) is 9.08. The van der Waals surface area contributed by atoms with E-state index in [0.29, 0.717) is 13.0 Å². The normalized spacial score (nSPS) is 14.8. The average Bonchev–Trinajstić information content (AvgIpc) is 2.25. The number of nitrogens with one attached hydrogen (secondary N) is 1. The van der Waals surface area contributed by atoms with E-state index in [0.717, 1.165) is 12.1 Å². The van der Waals surface area contributed by atoms with E-state index in [1.165, 1.54) is 6.07 Å². The zero-order valence-corrected chi connectivity index (χ0v) is 9.08. The van der Waals surface area contributed by atoms with Crippen LogP contribution in [-0.2, 0) is 0 Å². The molecule has 2 unspecified atom stereocenters. The number of aliphatic hydroxyl groups excluding tert-OH is 1. The van der Waals surface area contributed by atoms with E-state index in [1.54, 1.807) is 7.05 Å². The van der Waals surface area contributed by atoms with Crippen molar-refractivity contribution >= 4 is 0 Å². The Balaban J connectivity index is 2.98. The predicted molar refractivity (Wildman–Crippen MR) is 57.8 cm³/mol. The monoisotopic (exact) mass is 230 g/mol. The van der Waals surface area contributed by atoms with Crippen molar-refractivity contribution in [2.75, 3.05) is 13.6 Å². The molecule has 5 heteroatoms. The van der Waals surface area contributed by atoms with Crippen molar-refractivity contribution < 1.29 is 13.9 Å². The van der Waals surface area contributed by atoms with Crippen molar-refractivity contribution in [3.8, 4) is 0 Å². The van der Waals surface area contributed by atoms with Crippen LogP contribution < -0.4 is 11.1 Å². The molecule has 0 amide bonds. The van der Waals surface area contributed by atoms with Crippen LogP contribution >= 0.6 is 0 Å². The number of benzene rings is 1. The zero-order chi connectivity index (χ0) is 12.1. The Labute approximate surface area is 93.3 Å². The van der Waals surface area contributed by atoms with Crippen LogP contribution in [0.4, 0.5) is 8.78 Å². The van der Waals surface area contributed by atoms with E-state index < -0.39 is 23.8 Å². The van der Waals surface area contributed by atoms with Crippen LogP contribution in [0, 0.1) is 11.6 Å². The molecule has 4 N–H and O–H groups in total. The number of hydrogen-bond donors (Lipinski definition) is 3. The largest absolute Gasteiger partial charge is 0.387 e.